The molecule has 0 spiro atoms. The molecule has 2 aliphatic rings. The van der Waals surface area contributed by atoms with Crippen molar-refractivity contribution in [3.63, 3.8) is 0 Å². The highest BCUT2D eigenvalue weighted by molar-refractivity contribution is 5.69. The Hall–Kier alpha value is -4.51. The van der Waals surface area contributed by atoms with Crippen LogP contribution in [-0.2, 0) is 23.9 Å². The maximum atomic E-state index is 14.2. The number of ether oxygens (including phenoxy) is 1. The molecular weight excluding hydrogens is 627 g/mol. The Bertz CT molecular complexity index is 1790. The fourth-order valence-electron chi connectivity index (χ4n) is 6.11. The van der Waals surface area contributed by atoms with Crippen LogP contribution >= 0.6 is 0 Å². The van der Waals surface area contributed by atoms with E-state index in [1.807, 2.05) is 11.8 Å². The number of terminal acetylenes is 1. The molecule has 0 saturated carbocycles. The van der Waals surface area contributed by atoms with Gasteiger partial charge in [0.05, 0.1) is 17.8 Å². The zero-order valence-corrected chi connectivity index (χ0v) is 27.7. The smallest absolute Gasteiger partial charge is 0.416 e. The number of allylic oxidation sites excluding steroid dienone is 2. The van der Waals surface area contributed by atoms with Crippen molar-refractivity contribution < 1.29 is 27.8 Å². The summed E-state index contributed by atoms with van der Waals surface area (Å²) in [6, 6.07) is 2.93. The number of nitrogens with one attached hydrogen (secondary N) is 1. The van der Waals surface area contributed by atoms with Gasteiger partial charge >= 0.3 is 12.3 Å². The van der Waals surface area contributed by atoms with Gasteiger partial charge in [0.15, 0.2) is 5.82 Å². The lowest BCUT2D eigenvalue weighted by molar-refractivity contribution is -0.137. The average molecular weight is 670 g/mol. The Morgan fingerprint density at radius 3 is 2.52 bits per heavy atom. The lowest BCUT2D eigenvalue weighted by Crippen LogP contribution is -2.51. The van der Waals surface area contributed by atoms with Gasteiger partial charge in [-0.1, -0.05) is 25.3 Å². The zero-order valence-electron chi connectivity index (χ0n) is 27.7. The molecule has 1 aliphatic carbocycles. The minimum atomic E-state index is -4.58. The number of aliphatic hydroxyl groups excluding tert-OH is 1. The second-order valence-electron chi connectivity index (χ2n) is 13.1. The van der Waals surface area contributed by atoms with Crippen molar-refractivity contribution in [2.75, 3.05) is 36.4 Å². The highest BCUT2D eigenvalue weighted by atomic mass is 19.4. The van der Waals surface area contributed by atoms with Crippen molar-refractivity contribution in [1.29, 1.82) is 0 Å². The normalized spacial score (nSPS) is 16.7. The number of hydrogen-bond donors (Lipinski definition) is 2. The van der Waals surface area contributed by atoms with Gasteiger partial charge in [-0.3, -0.25) is 4.79 Å². The number of piperazine rings is 1. The maximum absolute atomic E-state index is 14.2. The molecule has 1 fully saturated rings. The van der Waals surface area contributed by atoms with Gasteiger partial charge in [-0.05, 0) is 76.6 Å². The van der Waals surface area contributed by atoms with Crippen LogP contribution in [0.3, 0.4) is 0 Å². The zero-order chi connectivity index (χ0) is 34.8. The third-order valence-electron chi connectivity index (χ3n) is 8.42. The van der Waals surface area contributed by atoms with Crippen molar-refractivity contribution in [2.45, 2.75) is 90.8 Å². The van der Waals surface area contributed by atoms with Crippen LogP contribution < -0.4 is 15.8 Å². The number of hydrogen-bond acceptors (Lipinski definition) is 8. The fraction of sp³-hybridized carbons (Fsp3) is 0.529. The number of aliphatic hydroxyl groups is 1. The van der Waals surface area contributed by atoms with Crippen molar-refractivity contribution in [1.82, 2.24) is 24.1 Å². The summed E-state index contributed by atoms with van der Waals surface area (Å²) in [6.07, 6.45) is 6.48. The van der Waals surface area contributed by atoms with E-state index in [1.165, 1.54) is 10.6 Å². The molecule has 1 saturated heterocycles. The molecule has 0 bridgehead atoms. The Labute approximate surface area is 277 Å². The highest BCUT2D eigenvalue weighted by Crippen LogP contribution is 2.32. The summed E-state index contributed by atoms with van der Waals surface area (Å²) in [5.41, 5.74) is 0.118. The maximum Gasteiger partial charge on any atom is 0.416 e. The predicted octanol–water partition coefficient (Wildman–Crippen LogP) is 5.29. The van der Waals surface area contributed by atoms with E-state index in [9.17, 15) is 27.9 Å². The Balaban J connectivity index is 1.53. The van der Waals surface area contributed by atoms with Crippen molar-refractivity contribution in [3.8, 4) is 12.3 Å². The number of carbonyl (C=O) groups excluding carboxylic acids is 1. The van der Waals surface area contributed by atoms with Crippen LogP contribution in [0.15, 0.2) is 29.1 Å². The third-order valence-corrected chi connectivity index (χ3v) is 8.42. The lowest BCUT2D eigenvalue weighted by Gasteiger charge is -2.37. The molecule has 1 atom stereocenters. The van der Waals surface area contributed by atoms with Gasteiger partial charge in [-0.25, -0.2) is 4.79 Å². The van der Waals surface area contributed by atoms with Crippen LogP contribution in [0.4, 0.5) is 29.3 Å². The van der Waals surface area contributed by atoms with Gasteiger partial charge < -0.3 is 29.5 Å². The van der Waals surface area contributed by atoms with Gasteiger partial charge in [-0.15, -0.1) is 11.5 Å². The fourth-order valence-corrected chi connectivity index (χ4v) is 6.11. The summed E-state index contributed by atoms with van der Waals surface area (Å²) < 4.78 is 48.5. The first-order valence-corrected chi connectivity index (χ1v) is 16.3. The number of carbonyl (C=O) groups is 1. The SMILES string of the molecule is C#Cc1cc(C(F)(F)F)ccc1NC(O)Cn1c(CC)c(N2CCN(C(=O)OC(C)(C)C)CC2)c(=O)n2nc(C3=CCCCCC3)nc12. The Morgan fingerprint density at radius 1 is 1.15 bits per heavy atom. The second-order valence-corrected chi connectivity index (χ2v) is 13.1. The molecule has 1 unspecified atom stereocenters. The quantitative estimate of drug-likeness (QED) is 0.258. The standard InChI is InChI=1S/C34H42F3N7O4/c1-6-22-20-24(34(35,36)37)14-15-25(22)38-27(45)21-43-26(7-2)28(41-16-18-42(19-17-41)32(47)48-33(3,4)5)30(46)44-31(43)39-29(40-44)23-12-10-8-9-11-13-23/h1,12,14-15,20,27,38,45H,7-11,13,16-19,21H2,2-5H3. The number of halogens is 3. The van der Waals surface area contributed by atoms with Crippen LogP contribution in [0.25, 0.3) is 11.4 Å². The predicted molar refractivity (Wildman–Crippen MR) is 177 cm³/mol. The van der Waals surface area contributed by atoms with E-state index in [0.29, 0.717) is 49.8 Å². The van der Waals surface area contributed by atoms with E-state index in [1.54, 1.807) is 30.2 Å². The van der Waals surface area contributed by atoms with Gasteiger partial charge in [0.25, 0.3) is 5.56 Å². The molecule has 2 N–H and O–H groups in total. The first-order valence-electron chi connectivity index (χ1n) is 16.3. The van der Waals surface area contributed by atoms with Crippen LogP contribution in [0.2, 0.25) is 0 Å². The van der Waals surface area contributed by atoms with Gasteiger partial charge in [0.2, 0.25) is 5.78 Å². The monoisotopic (exact) mass is 669 g/mol. The van der Waals surface area contributed by atoms with Crippen LogP contribution in [0.5, 0.6) is 0 Å². The molecule has 11 nitrogen and oxygen atoms in total. The van der Waals surface area contributed by atoms with Gasteiger partial charge in [0.1, 0.15) is 17.5 Å². The largest absolute Gasteiger partial charge is 0.444 e. The van der Waals surface area contributed by atoms with Gasteiger partial charge in [0, 0.05) is 37.4 Å². The number of amides is 1. The molecular formula is C34H42F3N7O4. The molecule has 3 heterocycles. The molecule has 14 heteroatoms. The lowest BCUT2D eigenvalue weighted by atomic mass is 10.1. The Kier molecular flexibility index (Phi) is 10.1. The summed E-state index contributed by atoms with van der Waals surface area (Å²) in [5.74, 6) is 2.94. The van der Waals surface area contributed by atoms with Crippen molar-refractivity contribution >= 4 is 28.8 Å². The van der Waals surface area contributed by atoms with E-state index >= 15 is 0 Å². The molecule has 1 aromatic carbocycles. The van der Waals surface area contributed by atoms with Crippen LogP contribution in [0, 0.1) is 12.3 Å². The number of alkyl halides is 3. The molecule has 0 radical (unpaired) electrons. The van der Waals surface area contributed by atoms with Crippen molar-refractivity contribution in [3.05, 3.63) is 57.3 Å². The number of benzene rings is 1. The molecule has 48 heavy (non-hydrogen) atoms. The van der Waals surface area contributed by atoms with Crippen molar-refractivity contribution in [2.24, 2.45) is 0 Å². The van der Waals surface area contributed by atoms with Gasteiger partial charge in [-0.2, -0.15) is 22.7 Å². The van der Waals surface area contributed by atoms with E-state index in [2.05, 4.69) is 22.4 Å². The first kappa shape index (κ1) is 34.8. The molecule has 3 aromatic rings. The topological polar surface area (TPSA) is 117 Å². The number of rotatable bonds is 7. The highest BCUT2D eigenvalue weighted by Gasteiger charge is 2.32. The summed E-state index contributed by atoms with van der Waals surface area (Å²) in [6.45, 7) is 8.55. The van der Waals surface area contributed by atoms with Crippen LogP contribution in [0.1, 0.15) is 82.4 Å². The molecule has 1 amide bonds. The number of nitrogens with zero attached hydrogens (tertiary/aromatic N) is 6. The summed E-state index contributed by atoms with van der Waals surface area (Å²) in [7, 11) is 0. The summed E-state index contributed by atoms with van der Waals surface area (Å²) >= 11 is 0. The number of anilines is 2. The number of fused-ring (bicyclic) bond motifs is 1. The summed E-state index contributed by atoms with van der Waals surface area (Å²) in [4.78, 5) is 35.2. The Morgan fingerprint density at radius 2 is 1.88 bits per heavy atom. The third kappa shape index (κ3) is 7.62. The van der Waals surface area contributed by atoms with E-state index in [-0.39, 0.29) is 29.1 Å². The molecule has 258 valence electrons. The molecule has 1 aliphatic heterocycles. The van der Waals surface area contributed by atoms with Crippen LogP contribution in [-0.4, -0.2) is 73.3 Å². The molecule has 2 aromatic heterocycles. The first-order chi connectivity index (χ1) is 22.7. The van der Waals surface area contributed by atoms with E-state index in [4.69, 9.17) is 16.1 Å². The second kappa shape index (κ2) is 13.9. The summed E-state index contributed by atoms with van der Waals surface area (Å²) in [5, 5.41) is 18.8. The minimum absolute atomic E-state index is 0.0572. The molecule has 5 rings (SSSR count). The van der Waals surface area contributed by atoms with E-state index in [0.717, 1.165) is 49.8 Å². The number of aromatic nitrogens is 4. The minimum Gasteiger partial charge on any atom is -0.444 e. The average Bonchev–Trinajstić information content (AvgIpc) is 3.29. The van der Waals surface area contributed by atoms with E-state index < -0.39 is 29.7 Å².